The Balaban J connectivity index is 1.93. The molecular formula is C15H14N2S2. The molecule has 2 nitrogen and oxygen atoms in total. The van der Waals surface area contributed by atoms with E-state index >= 15 is 0 Å². The van der Waals surface area contributed by atoms with Gasteiger partial charge in [-0.3, -0.25) is 0 Å². The Morgan fingerprint density at radius 2 is 1.95 bits per heavy atom. The highest BCUT2D eigenvalue weighted by Crippen LogP contribution is 2.30. The highest BCUT2D eigenvalue weighted by molar-refractivity contribution is 7.14. The Morgan fingerprint density at radius 1 is 1.11 bits per heavy atom. The predicted molar refractivity (Wildman–Crippen MR) is 82.6 cm³/mol. The van der Waals surface area contributed by atoms with Gasteiger partial charge < -0.3 is 5.73 Å². The summed E-state index contributed by atoms with van der Waals surface area (Å²) in [4.78, 5) is 5.87. The molecule has 0 aliphatic carbocycles. The largest absolute Gasteiger partial charge is 0.318 e. The summed E-state index contributed by atoms with van der Waals surface area (Å²) in [6.45, 7) is 2.09. The number of hydrogen-bond donors (Lipinski definition) is 1. The second-order valence-corrected chi connectivity index (χ2v) is 6.22. The predicted octanol–water partition coefficient (Wildman–Crippen LogP) is 4.23. The smallest absolute Gasteiger partial charge is 0.115 e. The van der Waals surface area contributed by atoms with Crippen LogP contribution in [0.4, 0.5) is 0 Å². The van der Waals surface area contributed by atoms with E-state index in [1.165, 1.54) is 10.4 Å². The van der Waals surface area contributed by atoms with Crippen LogP contribution in [0.15, 0.2) is 47.2 Å². The van der Waals surface area contributed by atoms with Crippen LogP contribution in [0, 0.1) is 6.92 Å². The standard InChI is InChI=1S/C15H14N2S2/c1-10-5-2-3-6-11(10)14(16)15-17-12(9-19-15)13-7-4-8-18-13/h2-9,14H,16H2,1H3. The SMILES string of the molecule is Cc1ccccc1C(N)c1nc(-c2cccs2)cs1. The Morgan fingerprint density at radius 3 is 2.68 bits per heavy atom. The first-order chi connectivity index (χ1) is 9.25. The van der Waals surface area contributed by atoms with Crippen LogP contribution >= 0.6 is 22.7 Å². The van der Waals surface area contributed by atoms with Gasteiger partial charge in [0.15, 0.2) is 0 Å². The summed E-state index contributed by atoms with van der Waals surface area (Å²) >= 11 is 3.33. The van der Waals surface area contributed by atoms with E-state index < -0.39 is 0 Å². The lowest BCUT2D eigenvalue weighted by Gasteiger charge is -2.11. The monoisotopic (exact) mass is 286 g/mol. The van der Waals surface area contributed by atoms with Crippen molar-refractivity contribution in [3.05, 3.63) is 63.3 Å². The van der Waals surface area contributed by atoms with Gasteiger partial charge in [0.25, 0.3) is 0 Å². The molecule has 2 heterocycles. The third kappa shape index (κ3) is 2.47. The number of aromatic nitrogens is 1. The molecule has 0 bridgehead atoms. The average molecular weight is 286 g/mol. The first-order valence-electron chi connectivity index (χ1n) is 6.06. The second-order valence-electron chi connectivity index (χ2n) is 4.38. The molecule has 0 saturated carbocycles. The average Bonchev–Trinajstić information content (AvgIpc) is 3.09. The van der Waals surface area contributed by atoms with Crippen molar-refractivity contribution in [2.45, 2.75) is 13.0 Å². The van der Waals surface area contributed by atoms with Gasteiger partial charge in [-0.2, -0.15) is 0 Å². The molecule has 96 valence electrons. The molecule has 3 aromatic rings. The number of hydrogen-bond acceptors (Lipinski definition) is 4. The molecule has 2 N–H and O–H groups in total. The topological polar surface area (TPSA) is 38.9 Å². The van der Waals surface area contributed by atoms with E-state index in [-0.39, 0.29) is 6.04 Å². The van der Waals surface area contributed by atoms with Crippen molar-refractivity contribution in [2.75, 3.05) is 0 Å². The van der Waals surface area contributed by atoms with Crippen LogP contribution in [0.3, 0.4) is 0 Å². The van der Waals surface area contributed by atoms with Gasteiger partial charge in [-0.1, -0.05) is 30.3 Å². The van der Waals surface area contributed by atoms with Gasteiger partial charge in [0.2, 0.25) is 0 Å². The Labute approximate surface area is 120 Å². The zero-order valence-corrected chi connectivity index (χ0v) is 12.2. The number of nitrogens with two attached hydrogens (primary N) is 1. The van der Waals surface area contributed by atoms with Crippen molar-refractivity contribution in [1.29, 1.82) is 0 Å². The lowest BCUT2D eigenvalue weighted by molar-refractivity contribution is 0.850. The van der Waals surface area contributed by atoms with E-state index in [1.54, 1.807) is 22.7 Å². The molecule has 0 radical (unpaired) electrons. The van der Waals surface area contributed by atoms with E-state index in [2.05, 4.69) is 40.9 Å². The molecule has 0 amide bonds. The van der Waals surface area contributed by atoms with Crippen LogP contribution in [-0.2, 0) is 0 Å². The molecule has 0 aliphatic rings. The maximum Gasteiger partial charge on any atom is 0.115 e. The quantitative estimate of drug-likeness (QED) is 0.782. The third-order valence-corrected chi connectivity index (χ3v) is 4.91. The van der Waals surface area contributed by atoms with Crippen molar-refractivity contribution >= 4 is 22.7 Å². The summed E-state index contributed by atoms with van der Waals surface area (Å²) in [6.07, 6.45) is 0. The Hall–Kier alpha value is -1.49. The number of thiophene rings is 1. The molecule has 1 atom stereocenters. The highest BCUT2D eigenvalue weighted by atomic mass is 32.1. The minimum Gasteiger partial charge on any atom is -0.318 e. The van der Waals surface area contributed by atoms with E-state index in [0.717, 1.165) is 16.3 Å². The zero-order valence-electron chi connectivity index (χ0n) is 10.5. The van der Waals surface area contributed by atoms with E-state index in [9.17, 15) is 0 Å². The molecule has 19 heavy (non-hydrogen) atoms. The van der Waals surface area contributed by atoms with Crippen LogP contribution in [0.2, 0.25) is 0 Å². The highest BCUT2D eigenvalue weighted by Gasteiger charge is 2.15. The molecule has 2 aromatic heterocycles. The first-order valence-corrected chi connectivity index (χ1v) is 7.82. The van der Waals surface area contributed by atoms with Gasteiger partial charge in [0.05, 0.1) is 16.6 Å². The van der Waals surface area contributed by atoms with Gasteiger partial charge in [-0.05, 0) is 29.5 Å². The number of rotatable bonds is 3. The van der Waals surface area contributed by atoms with Crippen LogP contribution < -0.4 is 5.73 Å². The van der Waals surface area contributed by atoms with Crippen molar-refractivity contribution in [1.82, 2.24) is 4.98 Å². The van der Waals surface area contributed by atoms with Gasteiger partial charge in [0, 0.05) is 5.38 Å². The minimum absolute atomic E-state index is 0.139. The number of nitrogens with zero attached hydrogens (tertiary/aromatic N) is 1. The van der Waals surface area contributed by atoms with Gasteiger partial charge >= 0.3 is 0 Å². The number of aryl methyl sites for hydroxylation is 1. The van der Waals surface area contributed by atoms with E-state index in [0.29, 0.717) is 0 Å². The molecule has 0 saturated heterocycles. The molecule has 4 heteroatoms. The fraction of sp³-hybridized carbons (Fsp3) is 0.133. The molecule has 3 rings (SSSR count). The van der Waals surface area contributed by atoms with E-state index in [4.69, 9.17) is 5.73 Å². The lowest BCUT2D eigenvalue weighted by Crippen LogP contribution is -2.12. The van der Waals surface area contributed by atoms with Gasteiger partial charge in [-0.15, -0.1) is 22.7 Å². The molecule has 0 fully saturated rings. The fourth-order valence-electron chi connectivity index (χ4n) is 2.04. The maximum atomic E-state index is 6.34. The molecular weight excluding hydrogens is 272 g/mol. The maximum absolute atomic E-state index is 6.34. The van der Waals surface area contributed by atoms with Crippen LogP contribution in [0.25, 0.3) is 10.6 Å². The zero-order chi connectivity index (χ0) is 13.2. The summed E-state index contributed by atoms with van der Waals surface area (Å²) < 4.78 is 0. The Kier molecular flexibility index (Phi) is 3.46. The van der Waals surface area contributed by atoms with Crippen LogP contribution in [-0.4, -0.2) is 4.98 Å². The van der Waals surface area contributed by atoms with Crippen molar-refractivity contribution in [2.24, 2.45) is 5.73 Å². The summed E-state index contributed by atoms with van der Waals surface area (Å²) in [5, 5.41) is 5.12. The van der Waals surface area contributed by atoms with Gasteiger partial charge in [0.1, 0.15) is 5.01 Å². The molecule has 0 spiro atoms. The molecule has 1 aromatic carbocycles. The summed E-state index contributed by atoms with van der Waals surface area (Å²) in [6, 6.07) is 12.2. The van der Waals surface area contributed by atoms with E-state index in [1.807, 2.05) is 18.2 Å². The fourth-order valence-corrected chi connectivity index (χ4v) is 3.63. The van der Waals surface area contributed by atoms with Crippen LogP contribution in [0.1, 0.15) is 22.2 Å². The first kappa shape index (κ1) is 12.5. The molecule has 0 aliphatic heterocycles. The Bertz CT molecular complexity index is 671. The summed E-state index contributed by atoms with van der Waals surface area (Å²) in [7, 11) is 0. The third-order valence-electron chi connectivity index (χ3n) is 3.09. The van der Waals surface area contributed by atoms with Crippen LogP contribution in [0.5, 0.6) is 0 Å². The summed E-state index contributed by atoms with van der Waals surface area (Å²) in [5.74, 6) is 0. The normalized spacial score (nSPS) is 12.5. The number of thiazole rings is 1. The minimum atomic E-state index is -0.139. The van der Waals surface area contributed by atoms with Crippen molar-refractivity contribution in [3.63, 3.8) is 0 Å². The van der Waals surface area contributed by atoms with Crippen molar-refractivity contribution < 1.29 is 0 Å². The van der Waals surface area contributed by atoms with Crippen molar-refractivity contribution in [3.8, 4) is 10.6 Å². The second kappa shape index (κ2) is 5.25. The van der Waals surface area contributed by atoms with Gasteiger partial charge in [-0.25, -0.2) is 4.98 Å². The lowest BCUT2D eigenvalue weighted by atomic mass is 10.0. The summed E-state index contributed by atoms with van der Waals surface area (Å²) in [5.41, 5.74) is 9.72. The number of benzene rings is 1. The molecule has 1 unspecified atom stereocenters.